The van der Waals surface area contributed by atoms with Crippen molar-refractivity contribution >= 4 is 17.9 Å². The maximum Gasteiger partial charge on any atom is 0.306 e. The standard InChI is InChI=1S/C21H21N3O9/c25-19-4-1-13-7-16(31-22-13)10-29-20(26)5-2-15-9-18(33-24-15)12-30-21(27)6-3-14-8-17(11-28-19)32-23-14/h7-9H,1-6,10-12H2. The van der Waals surface area contributed by atoms with Gasteiger partial charge in [0.2, 0.25) is 0 Å². The molecule has 0 unspecified atom stereocenters. The summed E-state index contributed by atoms with van der Waals surface area (Å²) < 4.78 is 30.9. The first-order chi connectivity index (χ1) is 16.0. The zero-order valence-electron chi connectivity index (χ0n) is 17.6. The van der Waals surface area contributed by atoms with Crippen LogP contribution in [-0.4, -0.2) is 33.4 Å². The van der Waals surface area contributed by atoms with Crippen molar-refractivity contribution < 1.29 is 42.2 Å². The number of nitrogens with zero attached hydrogens (tertiary/aromatic N) is 3. The number of carbonyl (C=O) groups is 3. The van der Waals surface area contributed by atoms with Gasteiger partial charge in [-0.05, 0) is 0 Å². The van der Waals surface area contributed by atoms with Gasteiger partial charge >= 0.3 is 17.9 Å². The zero-order valence-corrected chi connectivity index (χ0v) is 17.6. The van der Waals surface area contributed by atoms with Gasteiger partial charge in [-0.15, -0.1) is 0 Å². The van der Waals surface area contributed by atoms with E-state index in [0.717, 1.165) is 0 Å². The fourth-order valence-corrected chi connectivity index (χ4v) is 2.99. The minimum atomic E-state index is -0.448. The summed E-state index contributed by atoms with van der Waals surface area (Å²) in [6, 6.07) is 4.85. The van der Waals surface area contributed by atoms with Crippen molar-refractivity contribution in [2.24, 2.45) is 0 Å². The van der Waals surface area contributed by atoms with E-state index in [1.807, 2.05) is 0 Å². The lowest BCUT2D eigenvalue weighted by molar-refractivity contribution is -0.146. The lowest BCUT2D eigenvalue weighted by Crippen LogP contribution is -2.06. The highest BCUT2D eigenvalue weighted by atomic mass is 16.6. The van der Waals surface area contributed by atoms with E-state index < -0.39 is 17.9 Å². The van der Waals surface area contributed by atoms with Gasteiger partial charge in [-0.2, -0.15) is 0 Å². The summed E-state index contributed by atoms with van der Waals surface area (Å²) in [6.45, 7) is -0.238. The molecule has 174 valence electrons. The predicted molar refractivity (Wildman–Crippen MR) is 104 cm³/mol. The Morgan fingerprint density at radius 2 is 0.788 bits per heavy atom. The molecule has 33 heavy (non-hydrogen) atoms. The van der Waals surface area contributed by atoms with Gasteiger partial charge in [0.25, 0.3) is 0 Å². The number of rotatable bonds is 0. The molecule has 0 N–H and O–H groups in total. The van der Waals surface area contributed by atoms with Crippen molar-refractivity contribution in [3.8, 4) is 0 Å². The molecular weight excluding hydrogens is 438 g/mol. The summed E-state index contributed by atoms with van der Waals surface area (Å²) in [4.78, 5) is 35.9. The molecule has 1 aliphatic rings. The first-order valence-electron chi connectivity index (χ1n) is 10.3. The molecule has 12 heteroatoms. The largest absolute Gasteiger partial charge is 0.457 e. The number of aromatic nitrogens is 3. The fraction of sp³-hybridized carbons (Fsp3) is 0.429. The summed E-state index contributed by atoms with van der Waals surface area (Å²) in [5.41, 5.74) is 1.62. The van der Waals surface area contributed by atoms with Crippen LogP contribution in [0.4, 0.5) is 0 Å². The van der Waals surface area contributed by atoms with E-state index in [1.165, 1.54) is 0 Å². The Morgan fingerprint density at radius 3 is 1.09 bits per heavy atom. The molecule has 4 rings (SSSR count). The molecule has 6 bridgehead atoms. The second kappa shape index (κ2) is 10.6. The van der Waals surface area contributed by atoms with Crippen LogP contribution in [-0.2, 0) is 67.7 Å². The van der Waals surface area contributed by atoms with Gasteiger partial charge in [0.15, 0.2) is 37.1 Å². The molecule has 0 aliphatic carbocycles. The molecule has 3 aromatic heterocycles. The second-order valence-electron chi connectivity index (χ2n) is 7.34. The van der Waals surface area contributed by atoms with E-state index in [-0.39, 0.29) is 39.1 Å². The molecule has 3 aromatic rings. The van der Waals surface area contributed by atoms with Crippen molar-refractivity contribution in [3.63, 3.8) is 0 Å². The number of hydrogen-bond acceptors (Lipinski definition) is 12. The molecule has 0 spiro atoms. The Balaban J connectivity index is 1.39. The Hall–Kier alpha value is -3.96. The molecule has 4 heterocycles. The third kappa shape index (κ3) is 6.76. The molecule has 0 saturated heterocycles. The van der Waals surface area contributed by atoms with Crippen LogP contribution in [0.5, 0.6) is 0 Å². The molecule has 1 aliphatic heterocycles. The van der Waals surface area contributed by atoms with Gasteiger partial charge < -0.3 is 27.8 Å². The van der Waals surface area contributed by atoms with E-state index in [0.29, 0.717) is 53.6 Å². The Kier molecular flexibility index (Phi) is 7.12. The number of fused-ring (bicyclic) bond motifs is 6. The summed E-state index contributed by atoms with van der Waals surface area (Å²) >= 11 is 0. The van der Waals surface area contributed by atoms with Crippen molar-refractivity contribution in [2.45, 2.75) is 58.3 Å². The number of cyclic esters (lactones) is 3. The van der Waals surface area contributed by atoms with Gasteiger partial charge in [-0.1, -0.05) is 15.5 Å². The summed E-state index contributed by atoms with van der Waals surface area (Å²) in [5.74, 6) is -0.259. The number of aryl methyl sites for hydroxylation is 3. The third-order valence-corrected chi connectivity index (χ3v) is 4.71. The quantitative estimate of drug-likeness (QED) is 0.356. The highest BCUT2D eigenvalue weighted by Crippen LogP contribution is 2.13. The normalized spacial score (nSPS) is 16.9. The average Bonchev–Trinajstić information content (AvgIpc) is 3.56. The van der Waals surface area contributed by atoms with Gasteiger partial charge in [-0.25, -0.2) is 0 Å². The van der Waals surface area contributed by atoms with Crippen LogP contribution in [0.25, 0.3) is 0 Å². The molecular formula is C21H21N3O9. The molecule has 0 fully saturated rings. The molecule has 12 nitrogen and oxygen atoms in total. The van der Waals surface area contributed by atoms with Gasteiger partial charge in [0, 0.05) is 37.5 Å². The van der Waals surface area contributed by atoms with Crippen molar-refractivity contribution in [2.75, 3.05) is 0 Å². The fourth-order valence-electron chi connectivity index (χ4n) is 2.99. The number of carbonyl (C=O) groups excluding carboxylic acids is 3. The molecule has 0 amide bonds. The summed E-state index contributed by atoms with van der Waals surface area (Å²) in [5, 5.41) is 11.6. The minimum Gasteiger partial charge on any atom is -0.457 e. The van der Waals surface area contributed by atoms with Crippen LogP contribution in [0.15, 0.2) is 31.8 Å². The maximum absolute atomic E-state index is 12.0. The van der Waals surface area contributed by atoms with Crippen molar-refractivity contribution in [3.05, 3.63) is 52.6 Å². The zero-order chi connectivity index (χ0) is 23.0. The summed E-state index contributed by atoms with van der Waals surface area (Å²) in [7, 11) is 0. The van der Waals surface area contributed by atoms with E-state index in [4.69, 9.17) is 27.8 Å². The summed E-state index contributed by atoms with van der Waals surface area (Å²) in [6.07, 6.45) is 1.15. The SMILES string of the molecule is O=C1CCc2cc(on2)COC(=O)CCc2cc(on2)COC(=O)CCc2cc(on2)CO1. The molecule has 0 radical (unpaired) electrons. The third-order valence-electron chi connectivity index (χ3n) is 4.71. The highest BCUT2D eigenvalue weighted by molar-refractivity contribution is 5.70. The van der Waals surface area contributed by atoms with Crippen LogP contribution < -0.4 is 0 Å². The second-order valence-corrected chi connectivity index (χ2v) is 7.34. The Labute approximate surface area is 187 Å². The average molecular weight is 459 g/mol. The van der Waals surface area contributed by atoms with Crippen LogP contribution >= 0.6 is 0 Å². The number of esters is 3. The molecule has 0 saturated carbocycles. The highest BCUT2D eigenvalue weighted by Gasteiger charge is 2.15. The lowest BCUT2D eigenvalue weighted by atomic mass is 10.2. The van der Waals surface area contributed by atoms with Gasteiger partial charge in [0.05, 0.1) is 36.3 Å². The Morgan fingerprint density at radius 1 is 0.485 bits per heavy atom. The first kappa shape index (κ1) is 22.2. The van der Waals surface area contributed by atoms with E-state index in [9.17, 15) is 14.4 Å². The van der Waals surface area contributed by atoms with E-state index in [2.05, 4.69) is 15.5 Å². The topological polar surface area (TPSA) is 157 Å². The molecule has 0 atom stereocenters. The van der Waals surface area contributed by atoms with Crippen LogP contribution in [0.2, 0.25) is 0 Å². The minimum absolute atomic E-state index is 0.0792. The molecule has 0 aromatic carbocycles. The van der Waals surface area contributed by atoms with Gasteiger partial charge in [-0.3, -0.25) is 14.4 Å². The number of ether oxygens (including phenoxy) is 3. The van der Waals surface area contributed by atoms with Crippen molar-refractivity contribution in [1.82, 2.24) is 15.5 Å². The van der Waals surface area contributed by atoms with Gasteiger partial charge in [0.1, 0.15) is 0 Å². The van der Waals surface area contributed by atoms with Crippen LogP contribution in [0.1, 0.15) is 53.6 Å². The maximum atomic E-state index is 12.0. The van der Waals surface area contributed by atoms with Crippen molar-refractivity contribution in [1.29, 1.82) is 0 Å². The van der Waals surface area contributed by atoms with Crippen LogP contribution in [0, 0.1) is 0 Å². The smallest absolute Gasteiger partial charge is 0.306 e. The lowest BCUT2D eigenvalue weighted by Gasteiger charge is -2.01. The van der Waals surface area contributed by atoms with E-state index in [1.54, 1.807) is 18.2 Å². The predicted octanol–water partition coefficient (Wildman–Crippen LogP) is 1.99. The monoisotopic (exact) mass is 459 g/mol. The number of hydrogen-bond donors (Lipinski definition) is 0. The first-order valence-corrected chi connectivity index (χ1v) is 10.3. The Bertz CT molecular complexity index is 902. The van der Waals surface area contributed by atoms with E-state index >= 15 is 0 Å². The van der Waals surface area contributed by atoms with Crippen LogP contribution in [0.3, 0.4) is 0 Å².